The van der Waals surface area contributed by atoms with Crippen LogP contribution in [0.1, 0.15) is 18.4 Å². The van der Waals surface area contributed by atoms with Crippen LogP contribution in [0.5, 0.6) is 0 Å². The first-order chi connectivity index (χ1) is 9.13. The van der Waals surface area contributed by atoms with E-state index in [0.29, 0.717) is 0 Å². The molecular weight excluding hydrogens is 246 g/mol. The van der Waals surface area contributed by atoms with Crippen molar-refractivity contribution in [2.75, 3.05) is 0 Å². The van der Waals surface area contributed by atoms with Gasteiger partial charge in [0, 0.05) is 6.42 Å². The Morgan fingerprint density at radius 2 is 2.05 bits per heavy atom. The summed E-state index contributed by atoms with van der Waals surface area (Å²) in [6.45, 7) is 0.108. The molecule has 1 atom stereocenters. The third-order valence-corrected chi connectivity index (χ3v) is 2.39. The van der Waals surface area contributed by atoms with Gasteiger partial charge < -0.3 is 15.8 Å². The Morgan fingerprint density at radius 3 is 2.63 bits per heavy atom. The van der Waals surface area contributed by atoms with Crippen molar-refractivity contribution >= 4 is 12.0 Å². The number of primary amides is 1. The molecule has 0 aliphatic rings. The van der Waals surface area contributed by atoms with E-state index < -0.39 is 18.0 Å². The highest BCUT2D eigenvalue weighted by Crippen LogP contribution is 2.02. The van der Waals surface area contributed by atoms with Crippen molar-refractivity contribution in [1.82, 2.24) is 5.32 Å². The van der Waals surface area contributed by atoms with E-state index in [1.54, 1.807) is 0 Å². The van der Waals surface area contributed by atoms with Gasteiger partial charge in [0.1, 0.15) is 12.6 Å². The monoisotopic (exact) mass is 261 g/mol. The zero-order chi connectivity index (χ0) is 14.1. The summed E-state index contributed by atoms with van der Waals surface area (Å²) in [5.41, 5.74) is 5.95. The second-order valence-corrected chi connectivity index (χ2v) is 3.86. The molecule has 0 saturated carbocycles. The number of nitrogens with zero attached hydrogens (tertiary/aromatic N) is 1. The van der Waals surface area contributed by atoms with Gasteiger partial charge >= 0.3 is 6.09 Å². The van der Waals surface area contributed by atoms with Crippen molar-refractivity contribution in [3.05, 3.63) is 35.9 Å². The standard InChI is InChI=1S/C13H15N3O3/c14-8-4-7-11(12(15)17)16-13(18)19-9-10-5-2-1-3-6-10/h1-3,5-6,11H,4,7,9H2,(H2,15,17)(H,16,18). The van der Waals surface area contributed by atoms with E-state index in [4.69, 9.17) is 15.7 Å². The van der Waals surface area contributed by atoms with Crippen molar-refractivity contribution in [3.63, 3.8) is 0 Å². The predicted molar refractivity (Wildman–Crippen MR) is 67.6 cm³/mol. The molecule has 0 bridgehead atoms. The number of carbonyl (C=O) groups is 2. The minimum atomic E-state index is -0.886. The lowest BCUT2D eigenvalue weighted by Gasteiger charge is -2.13. The molecule has 0 saturated heterocycles. The third kappa shape index (κ3) is 5.55. The Labute approximate surface area is 111 Å². The molecule has 0 radical (unpaired) electrons. The Bertz CT molecular complexity index is 468. The van der Waals surface area contributed by atoms with Gasteiger partial charge in [-0.1, -0.05) is 30.3 Å². The molecule has 0 aliphatic heterocycles. The van der Waals surface area contributed by atoms with E-state index in [1.807, 2.05) is 36.4 Å². The molecule has 0 aliphatic carbocycles. The highest BCUT2D eigenvalue weighted by atomic mass is 16.5. The normalized spacial score (nSPS) is 11.1. The summed E-state index contributed by atoms with van der Waals surface area (Å²) >= 11 is 0. The first-order valence-corrected chi connectivity index (χ1v) is 5.77. The van der Waals surface area contributed by atoms with E-state index in [0.717, 1.165) is 5.56 Å². The highest BCUT2D eigenvalue weighted by molar-refractivity contribution is 5.84. The van der Waals surface area contributed by atoms with Crippen LogP contribution in [0.2, 0.25) is 0 Å². The summed E-state index contributed by atoms with van der Waals surface area (Å²) in [5.74, 6) is -0.688. The molecule has 0 aromatic heterocycles. The second-order valence-electron chi connectivity index (χ2n) is 3.86. The zero-order valence-corrected chi connectivity index (χ0v) is 10.3. The number of carbonyl (C=O) groups excluding carboxylic acids is 2. The Hall–Kier alpha value is -2.55. The Morgan fingerprint density at radius 1 is 1.37 bits per heavy atom. The molecule has 0 spiro atoms. The van der Waals surface area contributed by atoms with Crippen molar-refractivity contribution in [2.24, 2.45) is 5.73 Å². The smallest absolute Gasteiger partial charge is 0.408 e. The molecule has 1 aromatic rings. The van der Waals surface area contributed by atoms with Crippen molar-refractivity contribution in [1.29, 1.82) is 5.26 Å². The van der Waals surface area contributed by atoms with Gasteiger partial charge in [0.2, 0.25) is 5.91 Å². The predicted octanol–water partition coefficient (Wildman–Crippen LogP) is 1.07. The van der Waals surface area contributed by atoms with Gasteiger partial charge in [0.05, 0.1) is 6.07 Å². The van der Waals surface area contributed by atoms with Gasteiger partial charge in [0.25, 0.3) is 0 Å². The van der Waals surface area contributed by atoms with Crippen LogP contribution in [0.25, 0.3) is 0 Å². The van der Waals surface area contributed by atoms with Gasteiger partial charge in [-0.05, 0) is 12.0 Å². The SMILES string of the molecule is N#CCCC(NC(=O)OCc1ccccc1)C(N)=O. The number of nitriles is 1. The quantitative estimate of drug-likeness (QED) is 0.798. The molecule has 1 rings (SSSR count). The molecule has 1 aromatic carbocycles. The van der Waals surface area contributed by atoms with Crippen LogP contribution >= 0.6 is 0 Å². The van der Waals surface area contributed by atoms with Crippen LogP contribution in [0.15, 0.2) is 30.3 Å². The van der Waals surface area contributed by atoms with Gasteiger partial charge in [0.15, 0.2) is 0 Å². The summed E-state index contributed by atoms with van der Waals surface area (Å²) in [6.07, 6.45) is -0.427. The number of hydrogen-bond acceptors (Lipinski definition) is 4. The number of nitrogens with two attached hydrogens (primary N) is 1. The van der Waals surface area contributed by atoms with E-state index in [2.05, 4.69) is 5.32 Å². The maximum atomic E-state index is 11.5. The average Bonchev–Trinajstić information content (AvgIpc) is 2.42. The number of amides is 2. The fourth-order valence-corrected chi connectivity index (χ4v) is 1.40. The second kappa shape index (κ2) is 7.71. The molecule has 6 heteroatoms. The zero-order valence-electron chi connectivity index (χ0n) is 10.3. The van der Waals surface area contributed by atoms with Gasteiger partial charge in [-0.25, -0.2) is 4.79 Å². The minimum Gasteiger partial charge on any atom is -0.445 e. The maximum Gasteiger partial charge on any atom is 0.408 e. The first kappa shape index (κ1) is 14.5. The summed E-state index contributed by atoms with van der Waals surface area (Å²) in [7, 11) is 0. The minimum absolute atomic E-state index is 0.108. The molecule has 3 N–H and O–H groups in total. The van der Waals surface area contributed by atoms with Crippen molar-refractivity contribution in [2.45, 2.75) is 25.5 Å². The van der Waals surface area contributed by atoms with Crippen molar-refractivity contribution < 1.29 is 14.3 Å². The van der Waals surface area contributed by atoms with E-state index in [-0.39, 0.29) is 19.4 Å². The van der Waals surface area contributed by atoms with E-state index in [1.165, 1.54) is 0 Å². The van der Waals surface area contributed by atoms with Gasteiger partial charge in [-0.15, -0.1) is 0 Å². The molecule has 1 unspecified atom stereocenters. The molecule has 0 heterocycles. The number of alkyl carbamates (subject to hydrolysis) is 1. The first-order valence-electron chi connectivity index (χ1n) is 5.77. The van der Waals surface area contributed by atoms with E-state index in [9.17, 15) is 9.59 Å². The summed E-state index contributed by atoms with van der Waals surface area (Å²) in [6, 6.07) is 10.1. The molecule has 2 amide bonds. The van der Waals surface area contributed by atoms with Crippen LogP contribution < -0.4 is 11.1 Å². The maximum absolute atomic E-state index is 11.5. The topological polar surface area (TPSA) is 105 Å². The van der Waals surface area contributed by atoms with Crippen LogP contribution in [0.3, 0.4) is 0 Å². The summed E-state index contributed by atoms with van der Waals surface area (Å²) in [5, 5.41) is 10.8. The largest absolute Gasteiger partial charge is 0.445 e. The van der Waals surface area contributed by atoms with Crippen LogP contribution in [0, 0.1) is 11.3 Å². The summed E-state index contributed by atoms with van der Waals surface area (Å²) < 4.78 is 4.95. The number of rotatable bonds is 6. The molecule has 6 nitrogen and oxygen atoms in total. The lowest BCUT2D eigenvalue weighted by Crippen LogP contribution is -2.44. The number of hydrogen-bond donors (Lipinski definition) is 2. The fraction of sp³-hybridized carbons (Fsp3) is 0.308. The molecule has 0 fully saturated rings. The highest BCUT2D eigenvalue weighted by Gasteiger charge is 2.18. The van der Waals surface area contributed by atoms with Crippen LogP contribution in [-0.4, -0.2) is 18.0 Å². The number of benzene rings is 1. The molecule has 100 valence electrons. The van der Waals surface area contributed by atoms with Crippen molar-refractivity contribution in [3.8, 4) is 6.07 Å². The average molecular weight is 261 g/mol. The van der Waals surface area contributed by atoms with Crippen LogP contribution in [-0.2, 0) is 16.1 Å². The lowest BCUT2D eigenvalue weighted by atomic mass is 10.1. The lowest BCUT2D eigenvalue weighted by molar-refractivity contribution is -0.120. The Balaban J connectivity index is 2.40. The van der Waals surface area contributed by atoms with Gasteiger partial charge in [-0.3, -0.25) is 4.79 Å². The molecule has 19 heavy (non-hydrogen) atoms. The number of ether oxygens (including phenoxy) is 1. The summed E-state index contributed by atoms with van der Waals surface area (Å²) in [4.78, 5) is 22.5. The van der Waals surface area contributed by atoms with Gasteiger partial charge in [-0.2, -0.15) is 5.26 Å². The third-order valence-electron chi connectivity index (χ3n) is 2.39. The fourth-order valence-electron chi connectivity index (χ4n) is 1.40. The van der Waals surface area contributed by atoms with E-state index >= 15 is 0 Å². The van der Waals surface area contributed by atoms with Crippen LogP contribution in [0.4, 0.5) is 4.79 Å². The number of nitrogens with one attached hydrogen (secondary N) is 1. The molecular formula is C13H15N3O3. The Kier molecular flexibility index (Phi) is 5.89.